The minimum Gasteiger partial charge on any atom is -0.341 e. The number of fused-ring (bicyclic) bond motifs is 1. The molecule has 3 rings (SSSR count). The molecule has 8 nitrogen and oxygen atoms in total. The first-order valence-corrected chi connectivity index (χ1v) is 7.58. The van der Waals surface area contributed by atoms with Gasteiger partial charge in [-0.25, -0.2) is 4.68 Å². The third-order valence-corrected chi connectivity index (χ3v) is 3.77. The molecular formula is C16H18N6O2. The van der Waals surface area contributed by atoms with Crippen LogP contribution in [0.1, 0.15) is 12.0 Å². The number of carbonyl (C=O) groups is 1. The summed E-state index contributed by atoms with van der Waals surface area (Å²) in [5.41, 5.74) is 1.28. The Bertz CT molecular complexity index is 929. The zero-order valence-corrected chi connectivity index (χ0v) is 13.6. The molecule has 1 aromatic carbocycles. The van der Waals surface area contributed by atoms with Gasteiger partial charge in [0.05, 0.1) is 18.1 Å². The van der Waals surface area contributed by atoms with E-state index < -0.39 is 0 Å². The van der Waals surface area contributed by atoms with Crippen molar-refractivity contribution in [3.63, 3.8) is 0 Å². The van der Waals surface area contributed by atoms with E-state index >= 15 is 0 Å². The van der Waals surface area contributed by atoms with E-state index in [0.29, 0.717) is 17.4 Å². The van der Waals surface area contributed by atoms with Crippen molar-refractivity contribution < 1.29 is 4.79 Å². The predicted molar refractivity (Wildman–Crippen MR) is 88.1 cm³/mol. The molecular weight excluding hydrogens is 308 g/mol. The molecule has 8 heteroatoms. The molecule has 0 aliphatic rings. The van der Waals surface area contributed by atoms with E-state index in [1.807, 2.05) is 13.2 Å². The van der Waals surface area contributed by atoms with Gasteiger partial charge in [-0.3, -0.25) is 14.3 Å². The zero-order chi connectivity index (χ0) is 17.1. The smallest absolute Gasteiger partial charge is 0.277 e. The van der Waals surface area contributed by atoms with E-state index in [1.54, 1.807) is 47.1 Å². The maximum Gasteiger partial charge on any atom is 0.277 e. The Morgan fingerprint density at radius 1 is 1.29 bits per heavy atom. The first-order valence-electron chi connectivity index (χ1n) is 7.58. The molecule has 0 radical (unpaired) electrons. The van der Waals surface area contributed by atoms with Crippen molar-refractivity contribution in [2.45, 2.75) is 19.5 Å². The molecule has 0 aliphatic heterocycles. The molecule has 0 aliphatic carbocycles. The molecule has 0 fully saturated rings. The van der Waals surface area contributed by atoms with Crippen LogP contribution in [0.5, 0.6) is 0 Å². The summed E-state index contributed by atoms with van der Waals surface area (Å²) in [6.45, 7) is 0.678. The lowest BCUT2D eigenvalue weighted by atomic mass is 10.2. The number of amides is 1. The fraction of sp³-hybridized carbons (Fsp3) is 0.312. The number of aryl methyl sites for hydroxylation is 2. The average Bonchev–Trinajstić information content (AvgIpc) is 2.99. The molecule has 3 aromatic rings. The third-order valence-electron chi connectivity index (χ3n) is 3.77. The van der Waals surface area contributed by atoms with E-state index in [9.17, 15) is 9.59 Å². The highest BCUT2D eigenvalue weighted by Crippen LogP contribution is 2.05. The van der Waals surface area contributed by atoms with Gasteiger partial charge in [-0.05, 0) is 12.1 Å². The van der Waals surface area contributed by atoms with Crippen LogP contribution in [0.2, 0.25) is 0 Å². The van der Waals surface area contributed by atoms with Gasteiger partial charge in [0.2, 0.25) is 5.91 Å². The van der Waals surface area contributed by atoms with Gasteiger partial charge in [0.25, 0.3) is 5.56 Å². The lowest BCUT2D eigenvalue weighted by Gasteiger charge is -2.16. The second kappa shape index (κ2) is 6.61. The average molecular weight is 326 g/mol. The Labute approximate surface area is 138 Å². The maximum atomic E-state index is 12.3. The van der Waals surface area contributed by atoms with Crippen LogP contribution in [0.3, 0.4) is 0 Å². The first kappa shape index (κ1) is 15.9. The summed E-state index contributed by atoms with van der Waals surface area (Å²) < 4.78 is 2.93. The number of hydrogen-bond acceptors (Lipinski definition) is 5. The molecule has 1 amide bonds. The van der Waals surface area contributed by atoms with Crippen LogP contribution < -0.4 is 5.56 Å². The molecule has 0 unspecified atom stereocenters. The van der Waals surface area contributed by atoms with Crippen molar-refractivity contribution in [2.75, 3.05) is 7.05 Å². The highest BCUT2D eigenvalue weighted by atomic mass is 16.2. The number of nitrogens with zero attached hydrogens (tertiary/aromatic N) is 6. The SMILES string of the molecule is CN(Cc1cnn(C)c1)C(=O)CCn1nnc2ccccc2c1=O. The van der Waals surface area contributed by atoms with Crippen molar-refractivity contribution >= 4 is 16.8 Å². The van der Waals surface area contributed by atoms with Crippen LogP contribution in [-0.2, 0) is 24.9 Å². The second-order valence-electron chi connectivity index (χ2n) is 5.66. The Balaban J connectivity index is 1.65. The number of hydrogen-bond donors (Lipinski definition) is 0. The van der Waals surface area contributed by atoms with E-state index in [-0.39, 0.29) is 24.4 Å². The Morgan fingerprint density at radius 3 is 2.83 bits per heavy atom. The van der Waals surface area contributed by atoms with Crippen molar-refractivity contribution in [3.8, 4) is 0 Å². The highest BCUT2D eigenvalue weighted by molar-refractivity contribution is 5.77. The summed E-state index contributed by atoms with van der Waals surface area (Å²) in [7, 11) is 3.56. The maximum absolute atomic E-state index is 12.3. The summed E-state index contributed by atoms with van der Waals surface area (Å²) in [5, 5.41) is 12.5. The first-order chi connectivity index (χ1) is 11.5. The predicted octanol–water partition coefficient (Wildman–Crippen LogP) is 0.574. The van der Waals surface area contributed by atoms with Crippen LogP contribution in [0.4, 0.5) is 0 Å². The second-order valence-corrected chi connectivity index (χ2v) is 5.66. The monoisotopic (exact) mass is 326 g/mol. The number of carbonyl (C=O) groups excluding carboxylic acids is 1. The van der Waals surface area contributed by atoms with E-state index in [0.717, 1.165) is 5.56 Å². The molecule has 0 atom stereocenters. The van der Waals surface area contributed by atoms with Crippen molar-refractivity contribution in [1.82, 2.24) is 29.7 Å². The van der Waals surface area contributed by atoms with Gasteiger partial charge in [0.1, 0.15) is 5.52 Å². The molecule has 0 saturated heterocycles. The summed E-state index contributed by atoms with van der Waals surface area (Å²) in [6, 6.07) is 7.03. The molecule has 2 heterocycles. The summed E-state index contributed by atoms with van der Waals surface area (Å²) in [5.74, 6) is -0.0688. The van der Waals surface area contributed by atoms with Gasteiger partial charge in [0.15, 0.2) is 0 Å². The molecule has 0 bridgehead atoms. The van der Waals surface area contributed by atoms with E-state index in [4.69, 9.17) is 0 Å². The Kier molecular flexibility index (Phi) is 4.37. The van der Waals surface area contributed by atoms with Gasteiger partial charge in [0, 0.05) is 38.8 Å². The van der Waals surface area contributed by atoms with Gasteiger partial charge >= 0.3 is 0 Å². The zero-order valence-electron chi connectivity index (χ0n) is 13.6. The standard InChI is InChI=1S/C16H18N6O2/c1-20(10-12-9-17-21(2)11-12)15(23)7-8-22-16(24)13-5-3-4-6-14(13)18-19-22/h3-6,9,11H,7-8,10H2,1-2H3. The lowest BCUT2D eigenvalue weighted by Crippen LogP contribution is -2.30. The van der Waals surface area contributed by atoms with Crippen LogP contribution in [0.15, 0.2) is 41.5 Å². The van der Waals surface area contributed by atoms with Crippen LogP contribution in [-0.4, -0.2) is 42.6 Å². The third kappa shape index (κ3) is 3.32. The van der Waals surface area contributed by atoms with Crippen LogP contribution in [0.25, 0.3) is 10.9 Å². The molecule has 0 saturated carbocycles. The van der Waals surface area contributed by atoms with E-state index in [2.05, 4.69) is 15.4 Å². The molecule has 24 heavy (non-hydrogen) atoms. The molecule has 0 spiro atoms. The largest absolute Gasteiger partial charge is 0.341 e. The highest BCUT2D eigenvalue weighted by Gasteiger charge is 2.12. The lowest BCUT2D eigenvalue weighted by molar-refractivity contribution is -0.130. The van der Waals surface area contributed by atoms with Gasteiger partial charge < -0.3 is 4.90 Å². The number of aromatic nitrogens is 5. The number of benzene rings is 1. The van der Waals surface area contributed by atoms with Crippen LogP contribution >= 0.6 is 0 Å². The Morgan fingerprint density at radius 2 is 2.08 bits per heavy atom. The fourth-order valence-electron chi connectivity index (χ4n) is 2.48. The minimum atomic E-state index is -0.233. The van der Waals surface area contributed by atoms with Crippen molar-refractivity contribution in [1.29, 1.82) is 0 Å². The quantitative estimate of drug-likeness (QED) is 0.684. The fourth-order valence-corrected chi connectivity index (χ4v) is 2.48. The van der Waals surface area contributed by atoms with Crippen molar-refractivity contribution in [2.24, 2.45) is 7.05 Å². The Hall–Kier alpha value is -3.03. The summed E-state index contributed by atoms with van der Waals surface area (Å²) >= 11 is 0. The topological polar surface area (TPSA) is 85.9 Å². The minimum absolute atomic E-state index is 0.0688. The van der Waals surface area contributed by atoms with E-state index in [1.165, 1.54) is 4.68 Å². The normalized spacial score (nSPS) is 10.9. The molecule has 0 N–H and O–H groups in total. The molecule has 124 valence electrons. The van der Waals surface area contributed by atoms with Gasteiger partial charge in [-0.15, -0.1) is 5.10 Å². The van der Waals surface area contributed by atoms with Crippen LogP contribution in [0, 0.1) is 0 Å². The summed E-state index contributed by atoms with van der Waals surface area (Å²) in [4.78, 5) is 26.2. The molecule has 2 aromatic heterocycles. The van der Waals surface area contributed by atoms with Gasteiger partial charge in [-0.2, -0.15) is 5.10 Å². The van der Waals surface area contributed by atoms with Crippen molar-refractivity contribution in [3.05, 3.63) is 52.6 Å². The van der Waals surface area contributed by atoms with Gasteiger partial charge in [-0.1, -0.05) is 17.3 Å². The number of rotatable bonds is 5. The summed E-state index contributed by atoms with van der Waals surface area (Å²) in [6.07, 6.45) is 3.77.